The van der Waals surface area contributed by atoms with Crippen LogP contribution in [0, 0.1) is 0 Å². The largest absolute Gasteiger partial charge is 0.411 e. The molecule has 6 heteroatoms. The highest BCUT2D eigenvalue weighted by atomic mass is 79.9. The minimum Gasteiger partial charge on any atom is -0.411 e. The number of hydrogen-bond donors (Lipinski definition) is 0. The standard InChI is InChI=1S/C11H8BrClN2OS/c1-7(12)6-17-11-15-14-10(16-11)8-3-2-4-9(13)5-8/h2-5H,1,6H2. The summed E-state index contributed by atoms with van der Waals surface area (Å²) >= 11 is 10.6. The number of aromatic nitrogens is 2. The molecule has 2 aromatic rings. The Bertz CT molecular complexity index is 544. The maximum Gasteiger partial charge on any atom is 0.277 e. The predicted molar refractivity (Wildman–Crippen MR) is 73.5 cm³/mol. The van der Waals surface area contributed by atoms with E-state index < -0.39 is 0 Å². The number of nitrogens with zero attached hydrogens (tertiary/aromatic N) is 2. The van der Waals surface area contributed by atoms with Gasteiger partial charge in [-0.05, 0) is 22.7 Å². The molecule has 0 bridgehead atoms. The molecule has 0 aliphatic carbocycles. The lowest BCUT2D eigenvalue weighted by molar-refractivity contribution is 0.466. The van der Waals surface area contributed by atoms with Gasteiger partial charge < -0.3 is 4.42 Å². The van der Waals surface area contributed by atoms with Gasteiger partial charge in [0.15, 0.2) is 0 Å². The van der Waals surface area contributed by atoms with Crippen molar-refractivity contribution < 1.29 is 4.42 Å². The number of hydrogen-bond acceptors (Lipinski definition) is 4. The molecule has 2 rings (SSSR count). The molecule has 1 heterocycles. The first kappa shape index (κ1) is 12.7. The second-order valence-corrected chi connectivity index (χ2v) is 5.67. The topological polar surface area (TPSA) is 38.9 Å². The fourth-order valence-corrected chi connectivity index (χ4v) is 2.20. The summed E-state index contributed by atoms with van der Waals surface area (Å²) in [6.07, 6.45) is 0. The van der Waals surface area contributed by atoms with Gasteiger partial charge in [-0.3, -0.25) is 0 Å². The van der Waals surface area contributed by atoms with Crippen molar-refractivity contribution in [3.05, 3.63) is 40.3 Å². The SMILES string of the molecule is C=C(Br)CSc1nnc(-c2cccc(Cl)c2)o1. The van der Waals surface area contributed by atoms with Crippen LogP contribution in [0.3, 0.4) is 0 Å². The van der Waals surface area contributed by atoms with Gasteiger partial charge in [-0.15, -0.1) is 10.2 Å². The second kappa shape index (κ2) is 5.71. The highest BCUT2D eigenvalue weighted by molar-refractivity contribution is 9.11. The summed E-state index contributed by atoms with van der Waals surface area (Å²) in [7, 11) is 0. The molecule has 88 valence electrons. The van der Waals surface area contributed by atoms with Crippen LogP contribution in [0.4, 0.5) is 0 Å². The van der Waals surface area contributed by atoms with E-state index in [1.165, 1.54) is 11.8 Å². The van der Waals surface area contributed by atoms with Crippen LogP contribution in [0.2, 0.25) is 5.02 Å². The number of halogens is 2. The Morgan fingerprint density at radius 3 is 3.00 bits per heavy atom. The minimum atomic E-state index is 0.468. The van der Waals surface area contributed by atoms with Crippen molar-refractivity contribution >= 4 is 39.3 Å². The van der Waals surface area contributed by atoms with E-state index >= 15 is 0 Å². The smallest absolute Gasteiger partial charge is 0.277 e. The molecule has 0 fully saturated rings. The highest BCUT2D eigenvalue weighted by Crippen LogP contribution is 2.26. The summed E-state index contributed by atoms with van der Waals surface area (Å²) < 4.78 is 6.37. The Morgan fingerprint density at radius 2 is 2.29 bits per heavy atom. The zero-order chi connectivity index (χ0) is 12.3. The first-order valence-electron chi connectivity index (χ1n) is 4.70. The van der Waals surface area contributed by atoms with Gasteiger partial charge in [0.25, 0.3) is 5.22 Å². The van der Waals surface area contributed by atoms with Crippen LogP contribution < -0.4 is 0 Å². The van der Waals surface area contributed by atoms with E-state index in [1.807, 2.05) is 12.1 Å². The third-order valence-corrected chi connectivity index (χ3v) is 3.62. The Labute approximate surface area is 116 Å². The predicted octanol–water partition coefficient (Wildman–Crippen LogP) is 4.39. The minimum absolute atomic E-state index is 0.468. The number of rotatable bonds is 4. The number of benzene rings is 1. The van der Waals surface area contributed by atoms with Gasteiger partial charge in [0.05, 0.1) is 0 Å². The molecular weight excluding hydrogens is 324 g/mol. The van der Waals surface area contributed by atoms with Crippen molar-refractivity contribution in [1.82, 2.24) is 10.2 Å². The first-order valence-corrected chi connectivity index (χ1v) is 6.86. The summed E-state index contributed by atoms with van der Waals surface area (Å²) in [5, 5.41) is 9.06. The van der Waals surface area contributed by atoms with Crippen LogP contribution in [0.5, 0.6) is 0 Å². The molecule has 0 radical (unpaired) electrons. The van der Waals surface area contributed by atoms with Gasteiger partial charge in [-0.1, -0.05) is 51.9 Å². The maximum absolute atomic E-state index is 5.89. The highest BCUT2D eigenvalue weighted by Gasteiger charge is 2.09. The van der Waals surface area contributed by atoms with Gasteiger partial charge >= 0.3 is 0 Å². The summed E-state index contributed by atoms with van der Waals surface area (Å²) in [5.74, 6) is 1.16. The van der Waals surface area contributed by atoms with Gasteiger partial charge in [-0.25, -0.2) is 0 Å². The van der Waals surface area contributed by atoms with E-state index in [4.69, 9.17) is 16.0 Å². The van der Waals surface area contributed by atoms with Crippen LogP contribution in [0.15, 0.2) is 45.0 Å². The van der Waals surface area contributed by atoms with E-state index in [2.05, 4.69) is 32.7 Å². The van der Waals surface area contributed by atoms with Crippen LogP contribution >= 0.6 is 39.3 Å². The van der Waals surface area contributed by atoms with Gasteiger partial charge in [0.2, 0.25) is 5.89 Å². The quantitative estimate of drug-likeness (QED) is 0.779. The van der Waals surface area contributed by atoms with Crippen LogP contribution in [0.25, 0.3) is 11.5 Å². The molecule has 0 N–H and O–H groups in total. The Kier molecular flexibility index (Phi) is 4.25. The Balaban J connectivity index is 2.15. The molecule has 0 unspecified atom stereocenters. The van der Waals surface area contributed by atoms with Gasteiger partial charge in [0, 0.05) is 16.3 Å². The van der Waals surface area contributed by atoms with Crippen LogP contribution in [-0.2, 0) is 0 Å². The maximum atomic E-state index is 5.89. The zero-order valence-corrected chi connectivity index (χ0v) is 11.8. The molecule has 3 nitrogen and oxygen atoms in total. The van der Waals surface area contributed by atoms with Crippen molar-refractivity contribution in [3.63, 3.8) is 0 Å². The molecule has 0 amide bonds. The molecule has 0 saturated carbocycles. The van der Waals surface area contributed by atoms with E-state index in [0.29, 0.717) is 21.9 Å². The summed E-state index contributed by atoms with van der Waals surface area (Å²) in [6, 6.07) is 7.30. The third kappa shape index (κ3) is 3.59. The lowest BCUT2D eigenvalue weighted by Gasteiger charge is -1.95. The first-order chi connectivity index (χ1) is 8.15. The molecule has 0 spiro atoms. The van der Waals surface area contributed by atoms with E-state index in [0.717, 1.165) is 10.0 Å². The lowest BCUT2D eigenvalue weighted by atomic mass is 10.2. The van der Waals surface area contributed by atoms with Crippen molar-refractivity contribution in [2.75, 3.05) is 5.75 Å². The van der Waals surface area contributed by atoms with E-state index in [-0.39, 0.29) is 0 Å². The Morgan fingerprint density at radius 1 is 1.47 bits per heavy atom. The molecule has 0 aliphatic heterocycles. The average molecular weight is 332 g/mol. The van der Waals surface area contributed by atoms with Crippen LogP contribution in [-0.4, -0.2) is 16.0 Å². The molecule has 0 atom stereocenters. The van der Waals surface area contributed by atoms with Crippen molar-refractivity contribution in [3.8, 4) is 11.5 Å². The van der Waals surface area contributed by atoms with Crippen molar-refractivity contribution in [2.24, 2.45) is 0 Å². The number of thioether (sulfide) groups is 1. The summed E-state index contributed by atoms with van der Waals surface area (Å²) in [6.45, 7) is 3.74. The normalized spacial score (nSPS) is 10.5. The van der Waals surface area contributed by atoms with Crippen molar-refractivity contribution in [2.45, 2.75) is 5.22 Å². The average Bonchev–Trinajstić information content (AvgIpc) is 2.75. The zero-order valence-electron chi connectivity index (χ0n) is 8.69. The fraction of sp³-hybridized carbons (Fsp3) is 0.0909. The second-order valence-electron chi connectivity index (χ2n) is 3.19. The molecular formula is C11H8BrClN2OS. The third-order valence-electron chi connectivity index (χ3n) is 1.83. The monoisotopic (exact) mass is 330 g/mol. The lowest BCUT2D eigenvalue weighted by Crippen LogP contribution is -1.77. The molecule has 0 saturated heterocycles. The fourth-order valence-electron chi connectivity index (χ4n) is 1.15. The summed E-state index contributed by atoms with van der Waals surface area (Å²) in [5.41, 5.74) is 0.814. The Hall–Kier alpha value is -0.780. The van der Waals surface area contributed by atoms with Gasteiger partial charge in [0.1, 0.15) is 0 Å². The molecule has 1 aromatic carbocycles. The summed E-state index contributed by atoms with van der Waals surface area (Å²) in [4.78, 5) is 0. The van der Waals surface area contributed by atoms with Gasteiger partial charge in [-0.2, -0.15) is 0 Å². The van der Waals surface area contributed by atoms with E-state index in [9.17, 15) is 0 Å². The molecule has 1 aromatic heterocycles. The van der Waals surface area contributed by atoms with Crippen LogP contribution in [0.1, 0.15) is 0 Å². The van der Waals surface area contributed by atoms with E-state index in [1.54, 1.807) is 12.1 Å². The molecule has 17 heavy (non-hydrogen) atoms. The van der Waals surface area contributed by atoms with Crippen molar-refractivity contribution in [1.29, 1.82) is 0 Å². The molecule has 0 aliphatic rings.